The SMILES string of the molecule is COc1cc(OC)cc(C(=O)OCC(=O)N[C@@H](C)c2ccc3c(c2)CCCC3)c1. The summed E-state index contributed by atoms with van der Waals surface area (Å²) in [4.78, 5) is 24.5. The first kappa shape index (κ1) is 20.7. The van der Waals surface area contributed by atoms with Crippen molar-refractivity contribution in [2.45, 2.75) is 38.6 Å². The fraction of sp³-hybridized carbons (Fsp3) is 0.391. The van der Waals surface area contributed by atoms with E-state index in [1.165, 1.54) is 38.2 Å². The lowest BCUT2D eigenvalue weighted by Gasteiger charge is -2.20. The van der Waals surface area contributed by atoms with Gasteiger partial charge in [-0.2, -0.15) is 0 Å². The molecule has 0 fully saturated rings. The summed E-state index contributed by atoms with van der Waals surface area (Å²) < 4.78 is 15.4. The highest BCUT2D eigenvalue weighted by atomic mass is 16.5. The molecule has 6 nitrogen and oxygen atoms in total. The third kappa shape index (κ3) is 5.28. The van der Waals surface area contributed by atoms with Gasteiger partial charge in [0.25, 0.3) is 5.91 Å². The molecular weight excluding hydrogens is 370 g/mol. The number of benzene rings is 2. The molecule has 1 N–H and O–H groups in total. The van der Waals surface area contributed by atoms with Crippen molar-refractivity contribution in [3.63, 3.8) is 0 Å². The first-order valence-electron chi connectivity index (χ1n) is 9.81. The van der Waals surface area contributed by atoms with Gasteiger partial charge in [-0.25, -0.2) is 4.79 Å². The molecule has 6 heteroatoms. The summed E-state index contributed by atoms with van der Waals surface area (Å²) in [5, 5.41) is 2.89. The van der Waals surface area contributed by atoms with E-state index in [0.717, 1.165) is 18.4 Å². The summed E-state index contributed by atoms with van der Waals surface area (Å²) in [6.07, 6.45) is 4.66. The maximum Gasteiger partial charge on any atom is 0.338 e. The minimum absolute atomic E-state index is 0.162. The number of hydrogen-bond acceptors (Lipinski definition) is 5. The quantitative estimate of drug-likeness (QED) is 0.723. The average molecular weight is 397 g/mol. The predicted octanol–water partition coefficient (Wildman–Crippen LogP) is 3.62. The molecule has 2 aromatic rings. The molecule has 1 atom stereocenters. The van der Waals surface area contributed by atoms with Crippen LogP contribution in [0.3, 0.4) is 0 Å². The van der Waals surface area contributed by atoms with Crippen molar-refractivity contribution in [3.05, 3.63) is 58.7 Å². The number of hydrogen-bond donors (Lipinski definition) is 1. The van der Waals surface area contributed by atoms with Gasteiger partial charge in [0.2, 0.25) is 0 Å². The minimum Gasteiger partial charge on any atom is -0.497 e. The van der Waals surface area contributed by atoms with E-state index in [-0.39, 0.29) is 24.1 Å². The Hall–Kier alpha value is -3.02. The maximum absolute atomic E-state index is 12.3. The highest BCUT2D eigenvalue weighted by molar-refractivity contribution is 5.92. The predicted molar refractivity (Wildman–Crippen MR) is 109 cm³/mol. The molecule has 0 heterocycles. The van der Waals surface area contributed by atoms with E-state index in [9.17, 15) is 9.59 Å². The van der Waals surface area contributed by atoms with Crippen molar-refractivity contribution >= 4 is 11.9 Å². The molecule has 3 rings (SSSR count). The Morgan fingerprint density at radius 2 is 1.62 bits per heavy atom. The summed E-state index contributed by atoms with van der Waals surface area (Å²) >= 11 is 0. The number of amides is 1. The number of rotatable bonds is 7. The largest absolute Gasteiger partial charge is 0.497 e. The molecule has 29 heavy (non-hydrogen) atoms. The maximum atomic E-state index is 12.3. The smallest absolute Gasteiger partial charge is 0.338 e. The van der Waals surface area contributed by atoms with Crippen molar-refractivity contribution < 1.29 is 23.8 Å². The van der Waals surface area contributed by atoms with Crippen LogP contribution in [0.5, 0.6) is 11.5 Å². The zero-order chi connectivity index (χ0) is 20.8. The van der Waals surface area contributed by atoms with Crippen molar-refractivity contribution in [2.75, 3.05) is 20.8 Å². The topological polar surface area (TPSA) is 73.9 Å². The number of nitrogens with one attached hydrogen (secondary N) is 1. The lowest BCUT2D eigenvalue weighted by Crippen LogP contribution is -2.31. The van der Waals surface area contributed by atoms with Crippen LogP contribution >= 0.6 is 0 Å². The van der Waals surface area contributed by atoms with Crippen molar-refractivity contribution in [1.29, 1.82) is 0 Å². The van der Waals surface area contributed by atoms with E-state index in [2.05, 4.69) is 23.5 Å². The number of ether oxygens (including phenoxy) is 3. The summed E-state index contributed by atoms with van der Waals surface area (Å²) in [5.74, 6) is -0.0132. The van der Waals surface area contributed by atoms with E-state index in [1.807, 2.05) is 6.92 Å². The van der Waals surface area contributed by atoms with E-state index in [0.29, 0.717) is 11.5 Å². The van der Waals surface area contributed by atoms with Crippen LogP contribution in [-0.2, 0) is 22.4 Å². The fourth-order valence-corrected chi connectivity index (χ4v) is 3.53. The van der Waals surface area contributed by atoms with Crippen molar-refractivity contribution in [3.8, 4) is 11.5 Å². The summed E-state index contributed by atoms with van der Waals surface area (Å²) in [6.45, 7) is 1.57. The van der Waals surface area contributed by atoms with Gasteiger partial charge in [0.05, 0.1) is 25.8 Å². The van der Waals surface area contributed by atoms with Crippen LogP contribution in [-0.4, -0.2) is 32.7 Å². The van der Waals surface area contributed by atoms with Gasteiger partial charge in [-0.15, -0.1) is 0 Å². The van der Waals surface area contributed by atoms with Crippen LogP contribution in [0.25, 0.3) is 0 Å². The summed E-state index contributed by atoms with van der Waals surface area (Å²) in [7, 11) is 3.00. The third-order valence-corrected chi connectivity index (χ3v) is 5.17. The second-order valence-electron chi connectivity index (χ2n) is 7.20. The Bertz CT molecular complexity index is 871. The fourth-order valence-electron chi connectivity index (χ4n) is 3.53. The third-order valence-electron chi connectivity index (χ3n) is 5.17. The first-order chi connectivity index (χ1) is 14.0. The molecule has 0 bridgehead atoms. The van der Waals surface area contributed by atoms with Gasteiger partial charge in [0.1, 0.15) is 11.5 Å². The van der Waals surface area contributed by atoms with Crippen molar-refractivity contribution in [2.24, 2.45) is 0 Å². The Morgan fingerprint density at radius 3 is 2.28 bits per heavy atom. The Balaban J connectivity index is 1.56. The Kier molecular flexibility index (Phi) is 6.75. The molecule has 0 spiro atoms. The number of carbonyl (C=O) groups is 2. The van der Waals surface area contributed by atoms with E-state index in [1.54, 1.807) is 18.2 Å². The van der Waals surface area contributed by atoms with E-state index < -0.39 is 5.97 Å². The van der Waals surface area contributed by atoms with Crippen LogP contribution in [0.4, 0.5) is 0 Å². The van der Waals surface area contributed by atoms with Crippen LogP contribution in [0.2, 0.25) is 0 Å². The van der Waals surface area contributed by atoms with Gasteiger partial charge >= 0.3 is 5.97 Å². The van der Waals surface area contributed by atoms with Gasteiger partial charge in [-0.1, -0.05) is 18.2 Å². The molecule has 0 radical (unpaired) electrons. The molecule has 0 saturated carbocycles. The first-order valence-corrected chi connectivity index (χ1v) is 9.81. The molecule has 0 aromatic heterocycles. The highest BCUT2D eigenvalue weighted by Gasteiger charge is 2.16. The molecule has 154 valence electrons. The summed E-state index contributed by atoms with van der Waals surface area (Å²) in [5.41, 5.74) is 4.09. The molecule has 0 aliphatic heterocycles. The lowest BCUT2D eigenvalue weighted by atomic mass is 9.89. The molecule has 0 saturated heterocycles. The Labute approximate surface area is 171 Å². The second-order valence-corrected chi connectivity index (χ2v) is 7.20. The molecular formula is C23H27NO5. The molecule has 1 aliphatic carbocycles. The number of esters is 1. The lowest BCUT2D eigenvalue weighted by molar-refractivity contribution is -0.124. The molecule has 1 amide bonds. The van der Waals surface area contributed by atoms with Crippen LogP contribution in [0.1, 0.15) is 52.9 Å². The monoisotopic (exact) mass is 397 g/mol. The van der Waals surface area contributed by atoms with Crippen LogP contribution < -0.4 is 14.8 Å². The van der Waals surface area contributed by atoms with E-state index >= 15 is 0 Å². The molecule has 2 aromatic carbocycles. The molecule has 1 aliphatic rings. The van der Waals surface area contributed by atoms with Crippen LogP contribution in [0, 0.1) is 0 Å². The van der Waals surface area contributed by atoms with Gasteiger partial charge in [-0.05, 0) is 61.4 Å². The van der Waals surface area contributed by atoms with Crippen LogP contribution in [0.15, 0.2) is 36.4 Å². The molecule has 0 unspecified atom stereocenters. The van der Waals surface area contributed by atoms with Gasteiger partial charge in [-0.3, -0.25) is 4.79 Å². The van der Waals surface area contributed by atoms with E-state index in [4.69, 9.17) is 14.2 Å². The minimum atomic E-state index is -0.612. The normalized spacial score (nSPS) is 13.8. The van der Waals surface area contributed by atoms with Gasteiger partial charge in [0.15, 0.2) is 6.61 Å². The highest BCUT2D eigenvalue weighted by Crippen LogP contribution is 2.25. The number of carbonyl (C=O) groups excluding carboxylic acids is 2. The average Bonchev–Trinajstić information content (AvgIpc) is 2.76. The summed E-state index contributed by atoms with van der Waals surface area (Å²) in [6, 6.07) is 11.0. The zero-order valence-electron chi connectivity index (χ0n) is 17.1. The number of aryl methyl sites for hydroxylation is 2. The van der Waals surface area contributed by atoms with Gasteiger partial charge < -0.3 is 19.5 Å². The number of methoxy groups -OCH3 is 2. The van der Waals surface area contributed by atoms with Gasteiger partial charge in [0, 0.05) is 6.07 Å². The Morgan fingerprint density at radius 1 is 0.966 bits per heavy atom. The second kappa shape index (κ2) is 9.45. The standard InChI is InChI=1S/C23H27NO5/c1-15(17-9-8-16-6-4-5-7-18(16)10-17)24-22(25)14-29-23(26)19-11-20(27-2)13-21(12-19)28-3/h8-13,15H,4-7,14H2,1-3H3,(H,24,25)/t15-/m0/s1. The number of fused-ring (bicyclic) bond motifs is 1. The zero-order valence-corrected chi connectivity index (χ0v) is 17.1. The van der Waals surface area contributed by atoms with Crippen molar-refractivity contribution in [1.82, 2.24) is 5.32 Å².